The van der Waals surface area contributed by atoms with E-state index in [1.54, 1.807) is 18.3 Å². The number of aromatic nitrogens is 1. The molecule has 2 aromatic rings. The second-order valence-corrected chi connectivity index (χ2v) is 6.01. The highest BCUT2D eigenvalue weighted by atomic mass is 32.2. The normalized spacial score (nSPS) is 10.2. The lowest BCUT2D eigenvalue weighted by Gasteiger charge is -2.18. The summed E-state index contributed by atoms with van der Waals surface area (Å²) in [5, 5.41) is 2.80. The fourth-order valence-electron chi connectivity index (χ4n) is 2.10. The Morgan fingerprint density at radius 1 is 1.17 bits per heavy atom. The summed E-state index contributed by atoms with van der Waals surface area (Å²) in [5.74, 6) is -0.593. The van der Waals surface area contributed by atoms with Gasteiger partial charge in [-0.25, -0.2) is 0 Å². The molecule has 126 valence electrons. The maximum Gasteiger partial charge on any atom is 0.250 e. The minimum absolute atomic E-state index is 0.0802. The van der Waals surface area contributed by atoms with E-state index in [1.165, 1.54) is 34.3 Å². The number of para-hydroxylation sites is 1. The molecule has 1 aromatic heterocycles. The van der Waals surface area contributed by atoms with Crippen LogP contribution in [0.3, 0.4) is 0 Å². The first-order chi connectivity index (χ1) is 11.5. The molecule has 1 N–H and O–H groups in total. The van der Waals surface area contributed by atoms with E-state index >= 15 is 0 Å². The lowest BCUT2D eigenvalue weighted by molar-refractivity contribution is -0.133. The lowest BCUT2D eigenvalue weighted by atomic mass is 10.3. The Kier molecular flexibility index (Phi) is 6.20. The zero-order valence-corrected chi connectivity index (χ0v) is 14.4. The predicted molar refractivity (Wildman–Crippen MR) is 95.2 cm³/mol. The smallest absolute Gasteiger partial charge is 0.250 e. The summed E-state index contributed by atoms with van der Waals surface area (Å²) < 4.78 is 1.31. The van der Waals surface area contributed by atoms with E-state index in [1.807, 2.05) is 30.5 Å². The van der Waals surface area contributed by atoms with Crippen LogP contribution in [0.15, 0.2) is 58.4 Å². The van der Waals surface area contributed by atoms with Crippen molar-refractivity contribution in [3.05, 3.63) is 59.0 Å². The second-order valence-electron chi connectivity index (χ2n) is 5.17. The molecule has 0 radical (unpaired) electrons. The molecule has 2 rings (SSSR count). The summed E-state index contributed by atoms with van der Waals surface area (Å²) in [6, 6.07) is 12.1. The molecule has 24 heavy (non-hydrogen) atoms. The highest BCUT2D eigenvalue weighted by molar-refractivity contribution is 7.98. The molecule has 0 spiro atoms. The van der Waals surface area contributed by atoms with Gasteiger partial charge in [-0.2, -0.15) is 0 Å². The van der Waals surface area contributed by atoms with Crippen molar-refractivity contribution >= 4 is 29.3 Å². The number of nitrogens with one attached hydrogen (secondary N) is 1. The van der Waals surface area contributed by atoms with E-state index in [4.69, 9.17) is 0 Å². The highest BCUT2D eigenvalue weighted by Crippen LogP contribution is 2.24. The maximum atomic E-state index is 12.2. The van der Waals surface area contributed by atoms with Gasteiger partial charge in [0.15, 0.2) is 0 Å². The van der Waals surface area contributed by atoms with Crippen molar-refractivity contribution in [3.8, 4) is 0 Å². The number of hydrogen-bond acceptors (Lipinski definition) is 4. The van der Waals surface area contributed by atoms with Gasteiger partial charge in [-0.05, 0) is 24.5 Å². The van der Waals surface area contributed by atoms with Crippen LogP contribution in [0, 0.1) is 0 Å². The van der Waals surface area contributed by atoms with Gasteiger partial charge >= 0.3 is 0 Å². The SMILES string of the molecule is CSc1ccccc1NC(=O)CN(C)C(=O)Cn1ccccc1=O. The van der Waals surface area contributed by atoms with Crippen molar-refractivity contribution in [1.82, 2.24) is 9.47 Å². The van der Waals surface area contributed by atoms with Crippen molar-refractivity contribution in [1.29, 1.82) is 0 Å². The largest absolute Gasteiger partial charge is 0.335 e. The Balaban J connectivity index is 1.95. The Morgan fingerprint density at radius 3 is 2.58 bits per heavy atom. The van der Waals surface area contributed by atoms with Gasteiger partial charge in [-0.3, -0.25) is 14.4 Å². The lowest BCUT2D eigenvalue weighted by Crippen LogP contribution is -2.38. The van der Waals surface area contributed by atoms with Gasteiger partial charge in [0.05, 0.1) is 12.2 Å². The molecule has 0 saturated heterocycles. The van der Waals surface area contributed by atoms with Crippen LogP contribution in [0.2, 0.25) is 0 Å². The van der Waals surface area contributed by atoms with Crippen LogP contribution < -0.4 is 10.9 Å². The van der Waals surface area contributed by atoms with Gasteiger partial charge in [0, 0.05) is 24.2 Å². The molecule has 2 amide bonds. The minimum atomic E-state index is -0.309. The standard InChI is InChI=1S/C17H19N3O3S/c1-19(17(23)12-20-10-6-5-9-16(20)22)11-15(21)18-13-7-3-4-8-14(13)24-2/h3-10H,11-12H2,1-2H3,(H,18,21). The molecule has 7 heteroatoms. The number of hydrogen-bond donors (Lipinski definition) is 1. The van der Waals surface area contributed by atoms with Gasteiger partial charge in [0.25, 0.3) is 5.56 Å². The van der Waals surface area contributed by atoms with E-state index < -0.39 is 0 Å². The minimum Gasteiger partial charge on any atom is -0.335 e. The third kappa shape index (κ3) is 4.73. The first kappa shape index (κ1) is 17.8. The van der Waals surface area contributed by atoms with Gasteiger partial charge < -0.3 is 14.8 Å². The van der Waals surface area contributed by atoms with E-state index in [9.17, 15) is 14.4 Å². The maximum absolute atomic E-state index is 12.2. The molecule has 0 atom stereocenters. The van der Waals surface area contributed by atoms with Crippen LogP contribution in [0.4, 0.5) is 5.69 Å². The Hall–Kier alpha value is -2.54. The van der Waals surface area contributed by atoms with Crippen molar-refractivity contribution in [3.63, 3.8) is 0 Å². The van der Waals surface area contributed by atoms with Crippen LogP contribution in [0.25, 0.3) is 0 Å². The number of pyridine rings is 1. The Morgan fingerprint density at radius 2 is 1.88 bits per heavy atom. The summed E-state index contributed by atoms with van der Waals surface area (Å²) in [6.07, 6.45) is 3.47. The van der Waals surface area contributed by atoms with Crippen molar-refractivity contribution < 1.29 is 9.59 Å². The summed E-state index contributed by atoms with van der Waals surface area (Å²) in [5.41, 5.74) is 0.465. The van der Waals surface area contributed by atoms with Crippen molar-refractivity contribution in [2.45, 2.75) is 11.4 Å². The fourth-order valence-corrected chi connectivity index (χ4v) is 2.65. The van der Waals surface area contributed by atoms with Crippen molar-refractivity contribution in [2.24, 2.45) is 0 Å². The van der Waals surface area contributed by atoms with Crippen molar-refractivity contribution in [2.75, 3.05) is 25.2 Å². The first-order valence-corrected chi connectivity index (χ1v) is 8.56. The van der Waals surface area contributed by atoms with Crippen LogP contribution in [-0.2, 0) is 16.1 Å². The monoisotopic (exact) mass is 345 g/mol. The first-order valence-electron chi connectivity index (χ1n) is 7.33. The predicted octanol–water partition coefficient (Wildman–Crippen LogP) is 1.67. The zero-order valence-electron chi connectivity index (χ0n) is 13.6. The number of carbonyl (C=O) groups excluding carboxylic acids is 2. The van der Waals surface area contributed by atoms with Crippen LogP contribution in [-0.4, -0.2) is 41.1 Å². The number of amides is 2. The van der Waals surface area contributed by atoms with Crippen LogP contribution in [0.5, 0.6) is 0 Å². The molecule has 1 heterocycles. The van der Waals surface area contributed by atoms with Gasteiger partial charge in [0.1, 0.15) is 6.54 Å². The second kappa shape index (κ2) is 8.35. The van der Waals surface area contributed by atoms with Crippen LogP contribution >= 0.6 is 11.8 Å². The van der Waals surface area contributed by atoms with E-state index in [2.05, 4.69) is 5.32 Å². The summed E-state index contributed by atoms with van der Waals surface area (Å²) in [7, 11) is 1.54. The topological polar surface area (TPSA) is 71.4 Å². The molecule has 1 aromatic carbocycles. The number of nitrogens with zero attached hydrogens (tertiary/aromatic N) is 2. The number of anilines is 1. The van der Waals surface area contributed by atoms with Crippen LogP contribution in [0.1, 0.15) is 0 Å². The van der Waals surface area contributed by atoms with Gasteiger partial charge in [0.2, 0.25) is 11.8 Å². The molecule has 0 unspecified atom stereocenters. The average Bonchev–Trinajstić information content (AvgIpc) is 2.57. The highest BCUT2D eigenvalue weighted by Gasteiger charge is 2.14. The van der Waals surface area contributed by atoms with E-state index in [0.29, 0.717) is 0 Å². The van der Waals surface area contributed by atoms with Gasteiger partial charge in [-0.1, -0.05) is 18.2 Å². The van der Waals surface area contributed by atoms with E-state index in [0.717, 1.165) is 10.6 Å². The Bertz CT molecular complexity index is 788. The molecule has 0 fully saturated rings. The Labute approximate surface area is 144 Å². The molecule has 0 aliphatic rings. The van der Waals surface area contributed by atoms with E-state index in [-0.39, 0.29) is 30.5 Å². The molecule has 0 saturated carbocycles. The number of benzene rings is 1. The quantitative estimate of drug-likeness (QED) is 0.809. The molecular formula is C17H19N3O3S. The number of carbonyl (C=O) groups is 2. The summed E-state index contributed by atoms with van der Waals surface area (Å²) in [4.78, 5) is 38.2. The number of thioether (sulfide) groups is 1. The molecule has 0 aliphatic heterocycles. The molecular weight excluding hydrogens is 326 g/mol. The zero-order chi connectivity index (χ0) is 17.5. The summed E-state index contributed by atoms with van der Waals surface area (Å²) >= 11 is 1.53. The molecule has 0 aliphatic carbocycles. The third-order valence-electron chi connectivity index (χ3n) is 3.39. The summed E-state index contributed by atoms with van der Waals surface area (Å²) in [6.45, 7) is -0.173. The third-order valence-corrected chi connectivity index (χ3v) is 4.19. The molecule has 6 nitrogen and oxygen atoms in total. The number of rotatable bonds is 6. The molecule has 0 bridgehead atoms. The fraction of sp³-hybridized carbons (Fsp3) is 0.235. The average molecular weight is 345 g/mol. The number of likely N-dealkylation sites (N-methyl/N-ethyl adjacent to an activating group) is 1. The van der Waals surface area contributed by atoms with Gasteiger partial charge in [-0.15, -0.1) is 11.8 Å².